The molecule has 0 bridgehead atoms. The quantitative estimate of drug-likeness (QED) is 0.720. The molecule has 2 N–H and O–H groups in total. The average Bonchev–Trinajstić information content (AvgIpc) is 2.38. The van der Waals surface area contributed by atoms with Gasteiger partial charge >= 0.3 is 6.18 Å². The number of hydrogen-bond donors (Lipinski definition) is 2. The van der Waals surface area contributed by atoms with Crippen molar-refractivity contribution in [1.82, 2.24) is 10.0 Å². The molecule has 21 heavy (non-hydrogen) atoms. The molecule has 1 rings (SSSR count). The highest BCUT2D eigenvalue weighted by molar-refractivity contribution is 7.89. The maximum atomic E-state index is 12.0. The van der Waals surface area contributed by atoms with Crippen molar-refractivity contribution in [3.8, 4) is 0 Å². The van der Waals surface area contributed by atoms with E-state index in [4.69, 9.17) is 0 Å². The van der Waals surface area contributed by atoms with Crippen LogP contribution in [0.15, 0.2) is 29.2 Å². The number of alkyl halides is 3. The monoisotopic (exact) mass is 324 g/mol. The van der Waals surface area contributed by atoms with Crippen molar-refractivity contribution < 1.29 is 21.6 Å². The first-order valence-corrected chi connectivity index (χ1v) is 8.09. The topological polar surface area (TPSA) is 58.2 Å². The van der Waals surface area contributed by atoms with Crippen LogP contribution < -0.4 is 10.0 Å². The molecule has 1 aromatic carbocycles. The summed E-state index contributed by atoms with van der Waals surface area (Å²) in [5.41, 5.74) is 0.963. The van der Waals surface area contributed by atoms with E-state index in [1.54, 1.807) is 12.1 Å². The third kappa shape index (κ3) is 6.92. The van der Waals surface area contributed by atoms with Gasteiger partial charge in [-0.15, -0.1) is 0 Å². The summed E-state index contributed by atoms with van der Waals surface area (Å²) in [5, 5.41) is 3.15. The van der Waals surface area contributed by atoms with E-state index in [-0.39, 0.29) is 4.90 Å². The molecule has 0 aliphatic heterocycles. The van der Waals surface area contributed by atoms with Crippen LogP contribution in [-0.2, 0) is 16.4 Å². The Morgan fingerprint density at radius 2 is 1.71 bits per heavy atom. The molecule has 1 aromatic rings. The first-order chi connectivity index (χ1) is 9.74. The Morgan fingerprint density at radius 3 is 2.24 bits per heavy atom. The molecule has 0 atom stereocenters. The molecule has 120 valence electrons. The average molecular weight is 324 g/mol. The highest BCUT2D eigenvalue weighted by atomic mass is 32.2. The van der Waals surface area contributed by atoms with Gasteiger partial charge in [-0.2, -0.15) is 13.2 Å². The Morgan fingerprint density at radius 1 is 1.10 bits per heavy atom. The second-order valence-corrected chi connectivity index (χ2v) is 6.28. The fraction of sp³-hybridized carbons (Fsp3) is 0.538. The number of halogens is 3. The van der Waals surface area contributed by atoms with E-state index in [2.05, 4.69) is 5.32 Å². The minimum Gasteiger partial charge on any atom is -0.317 e. The lowest BCUT2D eigenvalue weighted by atomic mass is 10.1. The molecule has 0 spiro atoms. The van der Waals surface area contributed by atoms with Gasteiger partial charge in [-0.3, -0.25) is 0 Å². The Bertz CT molecular complexity index is 527. The van der Waals surface area contributed by atoms with E-state index in [9.17, 15) is 21.6 Å². The molecule has 0 aliphatic carbocycles. The molecule has 0 aliphatic rings. The number of sulfonamides is 1. The van der Waals surface area contributed by atoms with Gasteiger partial charge in [-0.05, 0) is 37.2 Å². The van der Waals surface area contributed by atoms with Gasteiger partial charge in [0.25, 0.3) is 0 Å². The molecule has 0 fully saturated rings. The highest BCUT2D eigenvalue weighted by Gasteiger charge is 2.27. The number of rotatable bonds is 8. The smallest absolute Gasteiger partial charge is 0.317 e. The molecule has 0 heterocycles. The van der Waals surface area contributed by atoms with Gasteiger partial charge < -0.3 is 5.32 Å². The molecule has 0 aromatic heterocycles. The summed E-state index contributed by atoms with van der Waals surface area (Å²) in [6.45, 7) is 2.97. The van der Waals surface area contributed by atoms with E-state index < -0.39 is 29.2 Å². The maximum Gasteiger partial charge on any atom is 0.390 e. The van der Waals surface area contributed by atoms with E-state index in [1.165, 1.54) is 12.1 Å². The van der Waals surface area contributed by atoms with Crippen molar-refractivity contribution in [3.05, 3.63) is 29.8 Å². The van der Waals surface area contributed by atoms with Crippen molar-refractivity contribution >= 4 is 10.0 Å². The van der Waals surface area contributed by atoms with Crippen molar-refractivity contribution in [2.24, 2.45) is 0 Å². The van der Waals surface area contributed by atoms with Crippen LogP contribution in [0.4, 0.5) is 13.2 Å². The normalized spacial score (nSPS) is 12.6. The molecular weight excluding hydrogens is 305 g/mol. The second kappa shape index (κ2) is 7.77. The largest absolute Gasteiger partial charge is 0.390 e. The first-order valence-electron chi connectivity index (χ1n) is 6.60. The van der Waals surface area contributed by atoms with E-state index in [0.29, 0.717) is 0 Å². The molecule has 0 unspecified atom stereocenters. The minimum atomic E-state index is -4.38. The van der Waals surface area contributed by atoms with E-state index in [1.807, 2.05) is 11.6 Å². The van der Waals surface area contributed by atoms with Crippen LogP contribution in [0.3, 0.4) is 0 Å². The fourth-order valence-electron chi connectivity index (χ4n) is 1.66. The van der Waals surface area contributed by atoms with Crippen LogP contribution in [0.2, 0.25) is 0 Å². The molecule has 0 radical (unpaired) electrons. The van der Waals surface area contributed by atoms with Crippen molar-refractivity contribution in [3.63, 3.8) is 0 Å². The van der Waals surface area contributed by atoms with Gasteiger partial charge in [-0.25, -0.2) is 13.1 Å². The summed E-state index contributed by atoms with van der Waals surface area (Å²) in [5.74, 6) is 0. The molecular formula is C13H19F3N2O2S. The van der Waals surface area contributed by atoms with Crippen molar-refractivity contribution in [2.45, 2.75) is 30.8 Å². The van der Waals surface area contributed by atoms with Crippen LogP contribution in [0.1, 0.15) is 18.9 Å². The molecule has 0 saturated heterocycles. The van der Waals surface area contributed by atoms with Gasteiger partial charge in [0.15, 0.2) is 0 Å². The zero-order valence-corrected chi connectivity index (χ0v) is 12.5. The number of hydrogen-bond acceptors (Lipinski definition) is 3. The van der Waals surface area contributed by atoms with E-state index in [0.717, 1.165) is 25.1 Å². The summed E-state index contributed by atoms with van der Waals surface area (Å²) in [6, 6.07) is 6.12. The lowest BCUT2D eigenvalue weighted by Crippen LogP contribution is -2.28. The Hall–Kier alpha value is -1.12. The summed E-state index contributed by atoms with van der Waals surface area (Å²) in [4.78, 5) is -0.0307. The highest BCUT2D eigenvalue weighted by Crippen LogP contribution is 2.19. The summed E-state index contributed by atoms with van der Waals surface area (Å²) < 4.78 is 61.5. The molecule has 0 amide bonds. The third-order valence-corrected chi connectivity index (χ3v) is 4.25. The lowest BCUT2D eigenvalue weighted by Gasteiger charge is -2.09. The maximum absolute atomic E-state index is 12.0. The molecule has 4 nitrogen and oxygen atoms in total. The predicted octanol–water partition coefficient (Wildman–Crippen LogP) is 2.07. The van der Waals surface area contributed by atoms with Gasteiger partial charge in [0.2, 0.25) is 10.0 Å². The zero-order valence-electron chi connectivity index (χ0n) is 11.7. The first kappa shape index (κ1) is 17.9. The Kier molecular flexibility index (Phi) is 6.63. The summed E-state index contributed by atoms with van der Waals surface area (Å²) in [6.07, 6.45) is -4.80. The summed E-state index contributed by atoms with van der Waals surface area (Å²) >= 11 is 0. The minimum absolute atomic E-state index is 0.0307. The van der Waals surface area contributed by atoms with Gasteiger partial charge in [0.1, 0.15) is 0 Å². The molecule has 8 heteroatoms. The lowest BCUT2D eigenvalue weighted by molar-refractivity contribution is -0.132. The third-order valence-electron chi connectivity index (χ3n) is 2.77. The van der Waals surface area contributed by atoms with Crippen molar-refractivity contribution in [1.29, 1.82) is 0 Å². The SMILES string of the molecule is CCNCCc1ccc(S(=O)(=O)NCCC(F)(F)F)cc1. The zero-order chi connectivity index (χ0) is 15.9. The van der Waals surface area contributed by atoms with Gasteiger partial charge in [0, 0.05) is 6.54 Å². The van der Waals surface area contributed by atoms with Crippen molar-refractivity contribution in [2.75, 3.05) is 19.6 Å². The van der Waals surface area contributed by atoms with E-state index >= 15 is 0 Å². The van der Waals surface area contributed by atoms with Gasteiger partial charge in [0.05, 0.1) is 11.3 Å². The Labute approximate surface area is 122 Å². The number of likely N-dealkylation sites (N-methyl/N-ethyl adjacent to an activating group) is 1. The Balaban J connectivity index is 2.59. The fourth-order valence-corrected chi connectivity index (χ4v) is 2.69. The predicted molar refractivity (Wildman–Crippen MR) is 74.6 cm³/mol. The van der Waals surface area contributed by atoms with Crippen LogP contribution in [-0.4, -0.2) is 34.2 Å². The van der Waals surface area contributed by atoms with Crippen LogP contribution >= 0.6 is 0 Å². The van der Waals surface area contributed by atoms with Gasteiger partial charge in [-0.1, -0.05) is 19.1 Å². The molecule has 0 saturated carbocycles. The van der Waals surface area contributed by atoms with Crippen LogP contribution in [0, 0.1) is 0 Å². The second-order valence-electron chi connectivity index (χ2n) is 4.51. The number of nitrogens with one attached hydrogen (secondary N) is 2. The van der Waals surface area contributed by atoms with Crippen LogP contribution in [0.25, 0.3) is 0 Å². The summed E-state index contributed by atoms with van der Waals surface area (Å²) in [7, 11) is -3.89. The number of benzene rings is 1. The van der Waals surface area contributed by atoms with Crippen LogP contribution in [0.5, 0.6) is 0 Å². The standard InChI is InChI=1S/C13H19F3N2O2S/c1-2-17-9-7-11-3-5-12(6-4-11)21(19,20)18-10-8-13(14,15)16/h3-6,17-18H,2,7-10H2,1H3.